The van der Waals surface area contributed by atoms with Gasteiger partial charge in [-0.3, -0.25) is 19.7 Å². The molecule has 2 fully saturated rings. The number of unbranched alkanes of at least 4 members (excludes halogenated alkanes) is 2. The van der Waals surface area contributed by atoms with E-state index in [1.165, 1.54) is 16.9 Å². The summed E-state index contributed by atoms with van der Waals surface area (Å²) in [6, 6.07) is 22.1. The number of anilines is 2. The standard InChI is InChI=1S/C65H89N11O9S/c1-6-9-13-51-14-19-53(20-15-51)62(63(79)66-47-50(8-3)12-7-2)76(57-23-24-57)60(77)29-18-52-16-25-58(26-17-52)84-38-11-10-31-72(4)36-40-82-43-42-81-39-30-55-48-75(71-70-55)37-41-83-44-45-85-59-27-21-54(22-28-59)67-64(80)69-65-68-56(49-86-65)46-61(78)74-34-32-73(5)33-35-74/h7-8,12,14-17,19-22,25-28,48-49,57,62H,2-3,6,9-11,13,18,23-24,29-47H2,1,4-5H3,(H,66,79)(H2,67,68,69,80)/b50-12+. The number of amides is 5. The molecule has 3 N–H and O–H groups in total. The maximum Gasteiger partial charge on any atom is 0.325 e. The number of carbonyl (C=O) groups is 4. The molecule has 20 nitrogen and oxygen atoms in total. The summed E-state index contributed by atoms with van der Waals surface area (Å²) < 4.78 is 31.0. The minimum Gasteiger partial charge on any atom is -0.494 e. The van der Waals surface area contributed by atoms with Crippen molar-refractivity contribution in [3.05, 3.63) is 149 Å². The number of nitrogens with zero attached hydrogens (tertiary/aromatic N) is 8. The molecule has 21 heteroatoms. The van der Waals surface area contributed by atoms with Gasteiger partial charge in [0, 0.05) is 75.4 Å². The topological polar surface area (TPSA) is 207 Å². The molecular formula is C65H89N11O9S. The maximum atomic E-state index is 14.1. The Bertz CT molecular complexity index is 2890. The van der Waals surface area contributed by atoms with E-state index in [0.29, 0.717) is 121 Å². The average molecular weight is 1200 g/mol. The minimum absolute atomic E-state index is 0.0231. The number of hydrogen-bond acceptors (Lipinski definition) is 15. The monoisotopic (exact) mass is 1200 g/mol. The SMILES string of the molecule is C=C/C=C(\C=C)CNC(=O)C(c1ccc(CCCC)cc1)N(C(=O)CCc1ccc(OCCCCN(C)CCOCCOCCc2cn(CCOCCOc3ccc(NC(=O)Nc4nc(CC(=O)N5CCN(C)CC5)cs4)cc3)nn2)cc1)C1CC1. The molecule has 3 heterocycles. The Labute approximate surface area is 511 Å². The molecule has 1 saturated carbocycles. The van der Waals surface area contributed by atoms with Crippen LogP contribution in [0.15, 0.2) is 121 Å². The lowest BCUT2D eigenvalue weighted by atomic mass is 9.99. The molecule has 1 saturated heterocycles. The minimum atomic E-state index is -0.722. The lowest BCUT2D eigenvalue weighted by Gasteiger charge is -2.32. The number of carbonyl (C=O) groups excluding carboxylic acids is 4. The quantitative estimate of drug-likeness (QED) is 0.0248. The first-order valence-corrected chi connectivity index (χ1v) is 31.2. The predicted octanol–water partition coefficient (Wildman–Crippen LogP) is 8.58. The fourth-order valence-corrected chi connectivity index (χ4v) is 10.3. The Hall–Kier alpha value is -7.27. The third-order valence-corrected chi connectivity index (χ3v) is 15.6. The molecule has 464 valence electrons. The van der Waals surface area contributed by atoms with Crippen molar-refractivity contribution in [2.24, 2.45) is 0 Å². The third-order valence-electron chi connectivity index (χ3n) is 14.8. The predicted molar refractivity (Wildman–Crippen MR) is 337 cm³/mol. The number of likely N-dealkylation sites (N-methyl/N-ethyl adjacent to an activating group) is 2. The zero-order chi connectivity index (χ0) is 60.7. The van der Waals surface area contributed by atoms with Gasteiger partial charge in [0.1, 0.15) is 24.1 Å². The van der Waals surface area contributed by atoms with E-state index in [9.17, 15) is 19.2 Å². The highest BCUT2D eigenvalue weighted by Crippen LogP contribution is 2.36. The summed E-state index contributed by atoms with van der Waals surface area (Å²) in [6.45, 7) is 19.6. The third kappa shape index (κ3) is 23.5. The first kappa shape index (κ1) is 66.3. The number of rotatable bonds is 40. The van der Waals surface area contributed by atoms with Crippen LogP contribution in [-0.4, -0.2) is 182 Å². The summed E-state index contributed by atoms with van der Waals surface area (Å²) in [4.78, 5) is 65.9. The van der Waals surface area contributed by atoms with Crippen LogP contribution in [0.2, 0.25) is 0 Å². The number of aryl methyl sites for hydroxylation is 2. The van der Waals surface area contributed by atoms with Gasteiger partial charge >= 0.3 is 6.03 Å². The van der Waals surface area contributed by atoms with E-state index in [0.717, 1.165) is 99.3 Å². The Balaban J connectivity index is 0.669. The number of piperazine rings is 1. The van der Waals surface area contributed by atoms with Crippen LogP contribution in [0, 0.1) is 0 Å². The lowest BCUT2D eigenvalue weighted by molar-refractivity contribution is -0.141. The Morgan fingerprint density at radius 3 is 2.16 bits per heavy atom. The second kappa shape index (κ2) is 36.7. The Kier molecular flexibility index (Phi) is 28.2. The summed E-state index contributed by atoms with van der Waals surface area (Å²) in [7, 11) is 4.15. The van der Waals surface area contributed by atoms with Crippen molar-refractivity contribution in [2.75, 3.05) is 123 Å². The van der Waals surface area contributed by atoms with Crippen molar-refractivity contribution in [3.63, 3.8) is 0 Å². The summed E-state index contributed by atoms with van der Waals surface area (Å²) in [5.74, 6) is 1.28. The van der Waals surface area contributed by atoms with Crippen molar-refractivity contribution >= 4 is 45.9 Å². The van der Waals surface area contributed by atoms with Crippen LogP contribution in [0.25, 0.3) is 0 Å². The van der Waals surface area contributed by atoms with E-state index in [-0.39, 0.29) is 30.2 Å². The van der Waals surface area contributed by atoms with Crippen LogP contribution in [0.5, 0.6) is 11.5 Å². The first-order valence-electron chi connectivity index (χ1n) is 30.3. The number of hydrogen-bond donors (Lipinski definition) is 3. The number of allylic oxidation sites excluding steroid dienone is 2. The highest BCUT2D eigenvalue weighted by Gasteiger charge is 2.41. The molecular weight excluding hydrogens is 1110 g/mol. The van der Waals surface area contributed by atoms with E-state index in [2.05, 4.69) is 87.4 Å². The van der Waals surface area contributed by atoms with Gasteiger partial charge in [-0.1, -0.05) is 86.3 Å². The molecule has 7 rings (SSSR count). The number of thiazole rings is 1. The van der Waals surface area contributed by atoms with Crippen LogP contribution in [0.3, 0.4) is 0 Å². The second-order valence-electron chi connectivity index (χ2n) is 21.7. The highest BCUT2D eigenvalue weighted by molar-refractivity contribution is 7.14. The van der Waals surface area contributed by atoms with Gasteiger partial charge in [-0.15, -0.1) is 16.4 Å². The zero-order valence-corrected chi connectivity index (χ0v) is 51.5. The number of ether oxygens (including phenoxy) is 5. The molecule has 5 amide bonds. The van der Waals surface area contributed by atoms with E-state index >= 15 is 0 Å². The molecule has 0 spiro atoms. The fourth-order valence-electron chi connectivity index (χ4n) is 9.57. The molecule has 2 aromatic heterocycles. The molecule has 86 heavy (non-hydrogen) atoms. The number of nitrogens with one attached hydrogen (secondary N) is 3. The molecule has 5 aromatic rings. The smallest absolute Gasteiger partial charge is 0.325 e. The lowest BCUT2D eigenvalue weighted by Crippen LogP contribution is -2.47. The average Bonchev–Trinajstić information content (AvgIpc) is 3.45. The zero-order valence-electron chi connectivity index (χ0n) is 50.6. The number of urea groups is 1. The molecule has 2 aliphatic rings. The van der Waals surface area contributed by atoms with Crippen LogP contribution >= 0.6 is 11.3 Å². The number of aromatic nitrogens is 4. The summed E-state index contributed by atoms with van der Waals surface area (Å²) in [5, 5.41) is 19.3. The Morgan fingerprint density at radius 2 is 1.44 bits per heavy atom. The van der Waals surface area contributed by atoms with Gasteiger partial charge in [0.15, 0.2) is 5.13 Å². The van der Waals surface area contributed by atoms with Gasteiger partial charge in [0.25, 0.3) is 0 Å². The van der Waals surface area contributed by atoms with Gasteiger partial charge < -0.3 is 53.9 Å². The van der Waals surface area contributed by atoms with Crippen molar-refractivity contribution in [2.45, 2.75) is 96.2 Å². The van der Waals surface area contributed by atoms with E-state index in [4.69, 9.17) is 23.7 Å². The van der Waals surface area contributed by atoms with Crippen molar-refractivity contribution < 1.29 is 42.9 Å². The molecule has 0 bridgehead atoms. The van der Waals surface area contributed by atoms with Gasteiger partial charge in [0.2, 0.25) is 17.7 Å². The maximum absolute atomic E-state index is 14.1. The first-order chi connectivity index (χ1) is 42.0. The van der Waals surface area contributed by atoms with Crippen molar-refractivity contribution in [1.29, 1.82) is 0 Å². The molecule has 0 radical (unpaired) electrons. The summed E-state index contributed by atoms with van der Waals surface area (Å²) in [6.07, 6.45) is 15.7. The van der Waals surface area contributed by atoms with Gasteiger partial charge in [-0.25, -0.2) is 14.5 Å². The number of benzene rings is 3. The van der Waals surface area contributed by atoms with Crippen LogP contribution in [0.1, 0.15) is 86.0 Å². The normalized spacial score (nSPS) is 14.0. The van der Waals surface area contributed by atoms with E-state index < -0.39 is 12.1 Å². The summed E-state index contributed by atoms with van der Waals surface area (Å²) >= 11 is 1.28. The van der Waals surface area contributed by atoms with Crippen LogP contribution < -0.4 is 25.4 Å². The second-order valence-corrected chi connectivity index (χ2v) is 22.6. The van der Waals surface area contributed by atoms with Gasteiger partial charge in [0.05, 0.1) is 70.6 Å². The highest BCUT2D eigenvalue weighted by atomic mass is 32.1. The fraction of sp³-hybridized carbons (Fsp3) is 0.492. The van der Waals surface area contributed by atoms with Crippen LogP contribution in [-0.2, 0) is 60.8 Å². The van der Waals surface area contributed by atoms with Crippen molar-refractivity contribution in [3.8, 4) is 11.5 Å². The van der Waals surface area contributed by atoms with E-state index in [1.807, 2.05) is 58.5 Å². The Morgan fingerprint density at radius 1 is 0.756 bits per heavy atom. The molecule has 1 unspecified atom stereocenters. The van der Waals surface area contributed by atoms with Crippen LogP contribution in [0.4, 0.5) is 15.6 Å². The van der Waals surface area contributed by atoms with Crippen molar-refractivity contribution in [1.82, 2.24) is 44.9 Å². The van der Waals surface area contributed by atoms with Gasteiger partial charge in [-0.05, 0) is 124 Å². The van der Waals surface area contributed by atoms with Gasteiger partial charge in [-0.2, -0.15) is 0 Å². The summed E-state index contributed by atoms with van der Waals surface area (Å²) in [5.41, 5.74) is 6.02. The van der Waals surface area contributed by atoms with E-state index in [1.54, 1.807) is 46.5 Å². The molecule has 1 atom stereocenters. The molecule has 1 aliphatic carbocycles. The largest absolute Gasteiger partial charge is 0.494 e. The molecule has 1 aliphatic heterocycles. The molecule has 3 aromatic carbocycles.